The largest absolute Gasteiger partial charge is 0.481 e. The molecule has 23 heavy (non-hydrogen) atoms. The second kappa shape index (κ2) is 5.73. The Morgan fingerprint density at radius 3 is 2.91 bits per heavy atom. The monoisotopic (exact) mass is 310 g/mol. The Morgan fingerprint density at radius 1 is 1.48 bits per heavy atom. The molecule has 0 fully saturated rings. The molecule has 0 spiro atoms. The molecule has 1 aliphatic rings. The van der Waals surface area contributed by atoms with Crippen LogP contribution in [0, 0.1) is 18.3 Å². The standard InChI is InChI=1S/C19H22N2O2/c1-3-8-19(10-15(22)23)9-4-5-14-16-13(11-20)7-6-12(2)17(16)21-18(14)19/h6-7,21H,3-5,8-10H2,1-2H3,(H,22,23). The van der Waals surface area contributed by atoms with Crippen molar-refractivity contribution in [2.24, 2.45) is 0 Å². The van der Waals surface area contributed by atoms with E-state index in [1.807, 2.05) is 19.1 Å². The summed E-state index contributed by atoms with van der Waals surface area (Å²) in [6.07, 6.45) is 4.76. The molecule has 0 saturated heterocycles. The first-order valence-electron chi connectivity index (χ1n) is 8.29. The number of aromatic amines is 1. The maximum Gasteiger partial charge on any atom is 0.304 e. The highest BCUT2D eigenvalue weighted by atomic mass is 16.4. The summed E-state index contributed by atoms with van der Waals surface area (Å²) in [5.41, 5.74) is 4.70. The molecular weight excluding hydrogens is 288 g/mol. The molecule has 120 valence electrons. The molecule has 0 aliphatic heterocycles. The van der Waals surface area contributed by atoms with Crippen molar-refractivity contribution in [2.45, 2.75) is 57.8 Å². The van der Waals surface area contributed by atoms with E-state index in [-0.39, 0.29) is 11.8 Å². The van der Waals surface area contributed by atoms with Crippen molar-refractivity contribution in [3.63, 3.8) is 0 Å². The lowest BCUT2D eigenvalue weighted by molar-refractivity contribution is -0.138. The molecular formula is C19H22N2O2. The molecule has 1 atom stereocenters. The van der Waals surface area contributed by atoms with Crippen molar-refractivity contribution >= 4 is 16.9 Å². The third-order valence-electron chi connectivity index (χ3n) is 5.22. The summed E-state index contributed by atoms with van der Waals surface area (Å²) in [5.74, 6) is -0.748. The lowest BCUT2D eigenvalue weighted by Crippen LogP contribution is -2.33. The Balaban J connectivity index is 2.30. The van der Waals surface area contributed by atoms with Gasteiger partial charge in [0.2, 0.25) is 0 Å². The number of rotatable bonds is 4. The van der Waals surface area contributed by atoms with E-state index in [4.69, 9.17) is 0 Å². The van der Waals surface area contributed by atoms with Crippen LogP contribution in [0.1, 0.15) is 61.4 Å². The zero-order valence-corrected chi connectivity index (χ0v) is 13.7. The third-order valence-corrected chi connectivity index (χ3v) is 5.22. The van der Waals surface area contributed by atoms with Crippen LogP contribution in [0.2, 0.25) is 0 Å². The molecule has 0 radical (unpaired) electrons. The predicted molar refractivity (Wildman–Crippen MR) is 89.5 cm³/mol. The molecule has 1 unspecified atom stereocenters. The van der Waals surface area contributed by atoms with Crippen LogP contribution in [0.4, 0.5) is 0 Å². The molecule has 0 bridgehead atoms. The highest BCUT2D eigenvalue weighted by Crippen LogP contribution is 2.46. The van der Waals surface area contributed by atoms with Gasteiger partial charge in [-0.2, -0.15) is 5.26 Å². The smallest absolute Gasteiger partial charge is 0.304 e. The lowest BCUT2D eigenvalue weighted by atomic mass is 9.68. The quantitative estimate of drug-likeness (QED) is 0.888. The topological polar surface area (TPSA) is 76.9 Å². The van der Waals surface area contributed by atoms with E-state index in [1.165, 1.54) is 5.56 Å². The maximum atomic E-state index is 11.5. The SMILES string of the molecule is CCCC1(CC(=O)O)CCCc2c1[nH]c1c(C)ccc(C#N)c21. The minimum absolute atomic E-state index is 0.154. The minimum atomic E-state index is -0.748. The number of hydrogen-bond acceptors (Lipinski definition) is 2. The number of nitriles is 1. The van der Waals surface area contributed by atoms with Crippen molar-refractivity contribution in [3.8, 4) is 6.07 Å². The molecule has 0 amide bonds. The van der Waals surface area contributed by atoms with Crippen molar-refractivity contribution in [1.29, 1.82) is 5.26 Å². The number of nitrogens with zero attached hydrogens (tertiary/aromatic N) is 1. The first-order valence-corrected chi connectivity index (χ1v) is 8.29. The summed E-state index contributed by atoms with van der Waals surface area (Å²) >= 11 is 0. The molecule has 1 aromatic heterocycles. The highest BCUT2D eigenvalue weighted by Gasteiger charge is 2.40. The van der Waals surface area contributed by atoms with Gasteiger partial charge in [-0.25, -0.2) is 0 Å². The van der Waals surface area contributed by atoms with Crippen molar-refractivity contribution in [2.75, 3.05) is 0 Å². The van der Waals surface area contributed by atoms with Crippen LogP contribution in [-0.4, -0.2) is 16.1 Å². The van der Waals surface area contributed by atoms with Gasteiger partial charge < -0.3 is 10.1 Å². The number of H-pyrrole nitrogens is 1. The molecule has 1 aromatic carbocycles. The van der Waals surface area contributed by atoms with E-state index in [0.717, 1.165) is 54.3 Å². The number of hydrogen-bond donors (Lipinski definition) is 2. The number of aliphatic carboxylic acids is 1. The zero-order valence-electron chi connectivity index (χ0n) is 13.7. The van der Waals surface area contributed by atoms with E-state index in [0.29, 0.717) is 5.56 Å². The van der Waals surface area contributed by atoms with Gasteiger partial charge in [-0.15, -0.1) is 0 Å². The van der Waals surface area contributed by atoms with Crippen LogP contribution in [0.5, 0.6) is 0 Å². The van der Waals surface area contributed by atoms with Crippen LogP contribution in [0.3, 0.4) is 0 Å². The van der Waals surface area contributed by atoms with E-state index < -0.39 is 5.97 Å². The second-order valence-electron chi connectivity index (χ2n) is 6.72. The summed E-state index contributed by atoms with van der Waals surface area (Å²) in [6, 6.07) is 6.13. The fourth-order valence-electron chi connectivity index (χ4n) is 4.31. The first-order chi connectivity index (χ1) is 11.0. The molecule has 4 heteroatoms. The lowest BCUT2D eigenvalue weighted by Gasteiger charge is -2.36. The summed E-state index contributed by atoms with van der Waals surface area (Å²) in [4.78, 5) is 15.0. The van der Waals surface area contributed by atoms with Gasteiger partial charge in [0, 0.05) is 16.5 Å². The van der Waals surface area contributed by atoms with Gasteiger partial charge >= 0.3 is 5.97 Å². The summed E-state index contributed by atoms with van der Waals surface area (Å²) < 4.78 is 0. The van der Waals surface area contributed by atoms with Crippen LogP contribution in [0.15, 0.2) is 12.1 Å². The fourth-order valence-corrected chi connectivity index (χ4v) is 4.31. The second-order valence-corrected chi connectivity index (χ2v) is 6.72. The molecule has 3 rings (SSSR count). The number of aromatic nitrogens is 1. The minimum Gasteiger partial charge on any atom is -0.481 e. The van der Waals surface area contributed by atoms with E-state index in [2.05, 4.69) is 18.0 Å². The number of fused-ring (bicyclic) bond motifs is 3. The molecule has 0 saturated carbocycles. The van der Waals surface area contributed by atoms with E-state index in [9.17, 15) is 15.2 Å². The average molecular weight is 310 g/mol. The molecule has 1 heterocycles. The van der Waals surface area contributed by atoms with Gasteiger partial charge in [-0.05, 0) is 49.8 Å². The van der Waals surface area contributed by atoms with Crippen molar-refractivity contribution in [3.05, 3.63) is 34.5 Å². The van der Waals surface area contributed by atoms with Crippen molar-refractivity contribution < 1.29 is 9.90 Å². The maximum absolute atomic E-state index is 11.5. The zero-order chi connectivity index (χ0) is 16.6. The number of carboxylic acid groups (broad SMARTS) is 1. The van der Waals surface area contributed by atoms with Crippen LogP contribution in [0.25, 0.3) is 10.9 Å². The number of nitrogens with one attached hydrogen (secondary N) is 1. The predicted octanol–water partition coefficient (Wildman–Crippen LogP) is 4.20. The van der Waals surface area contributed by atoms with Gasteiger partial charge in [0.25, 0.3) is 0 Å². The highest BCUT2D eigenvalue weighted by molar-refractivity contribution is 5.93. The number of aryl methyl sites for hydroxylation is 2. The summed E-state index contributed by atoms with van der Waals surface area (Å²) in [6.45, 7) is 4.14. The van der Waals surface area contributed by atoms with E-state index in [1.54, 1.807) is 0 Å². The van der Waals surface area contributed by atoms with Gasteiger partial charge in [0.15, 0.2) is 0 Å². The summed E-state index contributed by atoms with van der Waals surface area (Å²) in [5, 5.41) is 19.9. The molecule has 2 aromatic rings. The van der Waals surface area contributed by atoms with Gasteiger partial charge in [-0.3, -0.25) is 4.79 Å². The normalized spacial score (nSPS) is 20.2. The molecule has 1 aliphatic carbocycles. The Bertz CT molecular complexity index is 813. The third kappa shape index (κ3) is 2.41. The van der Waals surface area contributed by atoms with Gasteiger partial charge in [0.1, 0.15) is 0 Å². The molecule has 4 nitrogen and oxygen atoms in total. The van der Waals surface area contributed by atoms with Gasteiger partial charge in [-0.1, -0.05) is 19.4 Å². The molecule has 2 N–H and O–H groups in total. The van der Waals surface area contributed by atoms with Crippen molar-refractivity contribution in [1.82, 2.24) is 4.98 Å². The van der Waals surface area contributed by atoms with Crippen LogP contribution >= 0.6 is 0 Å². The Hall–Kier alpha value is -2.28. The van der Waals surface area contributed by atoms with E-state index >= 15 is 0 Å². The number of benzene rings is 1. The fraction of sp³-hybridized carbons (Fsp3) is 0.474. The first kappa shape index (κ1) is 15.6. The number of carboxylic acids is 1. The number of carbonyl (C=O) groups is 1. The van der Waals surface area contributed by atoms with Gasteiger partial charge in [0.05, 0.1) is 23.6 Å². The Kier molecular flexibility index (Phi) is 3.89. The summed E-state index contributed by atoms with van der Waals surface area (Å²) in [7, 11) is 0. The Labute approximate surface area is 136 Å². The average Bonchev–Trinajstić information content (AvgIpc) is 2.90. The van der Waals surface area contributed by atoms with Crippen LogP contribution in [-0.2, 0) is 16.6 Å². The Morgan fingerprint density at radius 2 is 2.26 bits per heavy atom. The van der Waals surface area contributed by atoms with Crippen LogP contribution < -0.4 is 0 Å².